The molecule has 0 unspecified atom stereocenters. The second-order valence-corrected chi connectivity index (χ2v) is 12.1. The van der Waals surface area contributed by atoms with Gasteiger partial charge >= 0.3 is 0 Å². The molecule has 0 fully saturated rings. The Morgan fingerprint density at radius 3 is 2.02 bits per heavy atom. The van der Waals surface area contributed by atoms with Crippen molar-refractivity contribution in [2.45, 2.75) is 45.8 Å². The van der Waals surface area contributed by atoms with Crippen molar-refractivity contribution in [1.29, 1.82) is 0 Å². The van der Waals surface area contributed by atoms with Crippen molar-refractivity contribution in [3.63, 3.8) is 0 Å². The fourth-order valence-electron chi connectivity index (χ4n) is 3.82. The fourth-order valence-corrected chi connectivity index (χ4v) is 5.19. The van der Waals surface area contributed by atoms with Gasteiger partial charge in [0.2, 0.25) is 21.8 Å². The summed E-state index contributed by atoms with van der Waals surface area (Å²) >= 11 is 12.8. The normalized spacial score (nSPS) is 12.8. The Kier molecular flexibility index (Phi) is 10.8. The smallest absolute Gasteiger partial charge is 0.244 e. The Balaban J connectivity index is 1.90. The van der Waals surface area contributed by atoms with Gasteiger partial charge in [-0.15, -0.1) is 0 Å². The number of amides is 2. The van der Waals surface area contributed by atoms with E-state index in [4.69, 9.17) is 27.9 Å². The maximum absolute atomic E-state index is 13.7. The predicted octanol–water partition coefficient (Wildman–Crippen LogP) is 5.88. The number of rotatable bonds is 12. The number of carbonyl (C=O) groups excluding carboxylic acids is 2. The SMILES string of the molecule is CC[C@@H](C)NC(=O)[C@@H](C)N(Cc1c(Cl)cccc1Cl)C(=O)CN(c1ccc(Oc2ccccc2)cc1)S(C)(=O)=O. The molecule has 0 bridgehead atoms. The first-order valence-corrected chi connectivity index (χ1v) is 15.3. The highest BCUT2D eigenvalue weighted by atomic mass is 35.5. The van der Waals surface area contributed by atoms with E-state index in [0.717, 1.165) is 10.6 Å². The number of nitrogens with zero attached hydrogens (tertiary/aromatic N) is 2. The maximum atomic E-state index is 13.7. The molecule has 0 spiro atoms. The van der Waals surface area contributed by atoms with Crippen LogP contribution in [0.5, 0.6) is 11.5 Å². The summed E-state index contributed by atoms with van der Waals surface area (Å²) in [4.78, 5) is 28.1. The van der Waals surface area contributed by atoms with E-state index in [1.165, 1.54) is 4.90 Å². The Morgan fingerprint density at radius 1 is 0.900 bits per heavy atom. The van der Waals surface area contributed by atoms with Crippen LogP contribution in [0.15, 0.2) is 72.8 Å². The molecule has 0 aliphatic heterocycles. The number of halogens is 2. The summed E-state index contributed by atoms with van der Waals surface area (Å²) in [6.07, 6.45) is 1.72. The van der Waals surface area contributed by atoms with Crippen molar-refractivity contribution in [1.82, 2.24) is 10.2 Å². The highest BCUT2D eigenvalue weighted by molar-refractivity contribution is 7.92. The molecule has 2 atom stereocenters. The fraction of sp³-hybridized carbons (Fsp3) is 0.310. The van der Waals surface area contributed by atoms with E-state index in [9.17, 15) is 18.0 Å². The van der Waals surface area contributed by atoms with Gasteiger partial charge in [-0.25, -0.2) is 8.42 Å². The molecule has 3 rings (SSSR count). The third-order valence-electron chi connectivity index (χ3n) is 6.34. The molecule has 0 aliphatic rings. The first kappa shape index (κ1) is 31.3. The Labute approximate surface area is 245 Å². The van der Waals surface area contributed by atoms with E-state index >= 15 is 0 Å². The van der Waals surface area contributed by atoms with Gasteiger partial charge in [0, 0.05) is 28.2 Å². The molecule has 3 aromatic carbocycles. The first-order chi connectivity index (χ1) is 18.9. The lowest BCUT2D eigenvalue weighted by atomic mass is 10.1. The van der Waals surface area contributed by atoms with Crippen molar-refractivity contribution >= 4 is 50.7 Å². The largest absolute Gasteiger partial charge is 0.457 e. The number of benzene rings is 3. The van der Waals surface area contributed by atoms with Crippen LogP contribution in [0.4, 0.5) is 5.69 Å². The van der Waals surface area contributed by atoms with Gasteiger partial charge in [-0.1, -0.05) is 54.4 Å². The summed E-state index contributed by atoms with van der Waals surface area (Å²) in [7, 11) is -3.88. The number of sulfonamides is 1. The molecule has 0 radical (unpaired) electrons. The van der Waals surface area contributed by atoms with E-state index in [-0.39, 0.29) is 24.2 Å². The van der Waals surface area contributed by atoms with Gasteiger partial charge in [-0.05, 0) is 68.8 Å². The molecule has 0 saturated carbocycles. The van der Waals surface area contributed by atoms with Crippen molar-refractivity contribution in [2.24, 2.45) is 0 Å². The third kappa shape index (κ3) is 8.36. The van der Waals surface area contributed by atoms with Crippen molar-refractivity contribution < 1.29 is 22.7 Å². The van der Waals surface area contributed by atoms with Gasteiger partial charge in [-0.3, -0.25) is 13.9 Å². The number of ether oxygens (including phenoxy) is 1. The molecule has 214 valence electrons. The lowest BCUT2D eigenvalue weighted by Gasteiger charge is -2.32. The van der Waals surface area contributed by atoms with Crippen LogP contribution in [0, 0.1) is 0 Å². The van der Waals surface area contributed by atoms with E-state index in [1.54, 1.807) is 61.5 Å². The third-order valence-corrected chi connectivity index (χ3v) is 8.19. The van der Waals surface area contributed by atoms with Crippen LogP contribution in [-0.4, -0.2) is 50.0 Å². The molecule has 0 aromatic heterocycles. The molecule has 3 aromatic rings. The van der Waals surface area contributed by atoms with Crippen LogP contribution in [0.1, 0.15) is 32.8 Å². The van der Waals surface area contributed by atoms with Gasteiger partial charge in [0.05, 0.1) is 11.9 Å². The molecule has 0 saturated heterocycles. The van der Waals surface area contributed by atoms with Crippen molar-refractivity contribution in [3.8, 4) is 11.5 Å². The standard InChI is InChI=1S/C29H33Cl2N3O5S/c1-5-20(2)32-29(36)21(3)33(18-25-26(30)12-9-13-27(25)31)28(35)19-34(40(4,37)38)22-14-16-24(17-15-22)39-23-10-7-6-8-11-23/h6-17,20-21H,5,18-19H2,1-4H3,(H,32,36)/t20-,21-/m1/s1. The molecule has 8 nitrogen and oxygen atoms in total. The molecule has 40 heavy (non-hydrogen) atoms. The molecule has 11 heteroatoms. The van der Waals surface area contributed by atoms with E-state index < -0.39 is 28.5 Å². The lowest BCUT2D eigenvalue weighted by molar-refractivity contribution is -0.139. The van der Waals surface area contributed by atoms with Crippen LogP contribution in [0.25, 0.3) is 0 Å². The maximum Gasteiger partial charge on any atom is 0.244 e. The summed E-state index contributed by atoms with van der Waals surface area (Å²) in [5, 5.41) is 3.53. The van der Waals surface area contributed by atoms with E-state index in [0.29, 0.717) is 33.5 Å². The Bertz CT molecular complexity index is 1400. The average Bonchev–Trinajstić information content (AvgIpc) is 2.91. The summed E-state index contributed by atoms with van der Waals surface area (Å²) < 4.78 is 32.4. The number of para-hydroxylation sites is 1. The monoisotopic (exact) mass is 605 g/mol. The molecule has 1 N–H and O–H groups in total. The minimum Gasteiger partial charge on any atom is -0.457 e. The molecule has 0 aliphatic carbocycles. The average molecular weight is 607 g/mol. The second-order valence-electron chi connectivity index (χ2n) is 9.39. The van der Waals surface area contributed by atoms with Crippen LogP contribution in [0.3, 0.4) is 0 Å². The summed E-state index contributed by atoms with van der Waals surface area (Å²) in [6.45, 7) is 4.75. The topological polar surface area (TPSA) is 96.0 Å². The first-order valence-electron chi connectivity index (χ1n) is 12.7. The zero-order valence-electron chi connectivity index (χ0n) is 22.8. The zero-order chi connectivity index (χ0) is 29.4. The Hall–Kier alpha value is -3.27. The molecular formula is C29H33Cl2N3O5S. The highest BCUT2D eigenvalue weighted by Crippen LogP contribution is 2.28. The minimum atomic E-state index is -3.88. The molecule has 2 amide bonds. The molecular weight excluding hydrogens is 573 g/mol. The van der Waals surface area contributed by atoms with Crippen LogP contribution in [0.2, 0.25) is 10.0 Å². The predicted molar refractivity (Wildman–Crippen MR) is 160 cm³/mol. The van der Waals surface area contributed by atoms with Crippen LogP contribution in [-0.2, 0) is 26.2 Å². The van der Waals surface area contributed by atoms with E-state index in [1.807, 2.05) is 32.0 Å². The summed E-state index contributed by atoms with van der Waals surface area (Å²) in [5.74, 6) is 0.154. The van der Waals surface area contributed by atoms with Crippen molar-refractivity contribution in [2.75, 3.05) is 17.1 Å². The van der Waals surface area contributed by atoms with Gasteiger partial charge in [0.15, 0.2) is 0 Å². The second kappa shape index (κ2) is 13.9. The number of nitrogens with one attached hydrogen (secondary N) is 1. The van der Waals surface area contributed by atoms with Crippen LogP contribution < -0.4 is 14.4 Å². The van der Waals surface area contributed by atoms with Gasteiger partial charge in [0.1, 0.15) is 24.1 Å². The van der Waals surface area contributed by atoms with Gasteiger partial charge in [0.25, 0.3) is 0 Å². The summed E-state index contributed by atoms with van der Waals surface area (Å²) in [6, 6.07) is 19.4. The van der Waals surface area contributed by atoms with Crippen molar-refractivity contribution in [3.05, 3.63) is 88.4 Å². The highest BCUT2D eigenvalue weighted by Gasteiger charge is 2.31. The minimum absolute atomic E-state index is 0.0894. The lowest BCUT2D eigenvalue weighted by Crippen LogP contribution is -2.52. The number of hydrogen-bond acceptors (Lipinski definition) is 5. The number of carbonyl (C=O) groups is 2. The zero-order valence-corrected chi connectivity index (χ0v) is 25.1. The van der Waals surface area contributed by atoms with Crippen LogP contribution >= 0.6 is 23.2 Å². The number of anilines is 1. The number of hydrogen-bond donors (Lipinski definition) is 1. The van der Waals surface area contributed by atoms with Gasteiger partial charge < -0.3 is 15.0 Å². The molecule has 0 heterocycles. The van der Waals surface area contributed by atoms with E-state index in [2.05, 4.69) is 5.32 Å². The summed E-state index contributed by atoms with van der Waals surface area (Å²) in [5.41, 5.74) is 0.722. The Morgan fingerprint density at radius 2 is 1.48 bits per heavy atom. The quantitative estimate of drug-likeness (QED) is 0.278. The van der Waals surface area contributed by atoms with Gasteiger partial charge in [-0.2, -0.15) is 0 Å².